The van der Waals surface area contributed by atoms with E-state index in [2.05, 4.69) is 20.7 Å². The molecule has 1 atom stereocenters. The number of pyridine rings is 1. The Bertz CT molecular complexity index is 775. The summed E-state index contributed by atoms with van der Waals surface area (Å²) in [5.41, 5.74) is 4.04. The highest BCUT2D eigenvalue weighted by atomic mass is 16.2. The van der Waals surface area contributed by atoms with Crippen LogP contribution in [0.5, 0.6) is 0 Å². The molecule has 2 aromatic rings. The molecule has 0 spiro atoms. The summed E-state index contributed by atoms with van der Waals surface area (Å²) >= 11 is 0. The molecule has 2 rings (SSSR count). The van der Waals surface area contributed by atoms with Gasteiger partial charge >= 0.3 is 6.03 Å². The van der Waals surface area contributed by atoms with Gasteiger partial charge < -0.3 is 15.6 Å². The molecule has 124 valence electrons. The second-order valence-electron chi connectivity index (χ2n) is 5.80. The minimum Gasteiger partial charge on any atom is -0.334 e. The Morgan fingerprint density at radius 3 is 2.65 bits per heavy atom. The normalized spacial score (nSPS) is 12.0. The van der Waals surface area contributed by atoms with Crippen LogP contribution in [0.1, 0.15) is 41.0 Å². The third-order valence-electron chi connectivity index (χ3n) is 4.01. The first-order chi connectivity index (χ1) is 10.8. The maximum atomic E-state index is 12.0. The molecule has 0 aliphatic heterocycles. The molecule has 0 fully saturated rings. The van der Waals surface area contributed by atoms with Gasteiger partial charge in [0.2, 0.25) is 0 Å². The number of aromatic amines is 1. The molecule has 2 heterocycles. The van der Waals surface area contributed by atoms with Gasteiger partial charge in [0.1, 0.15) is 0 Å². The van der Waals surface area contributed by atoms with Crippen molar-refractivity contribution in [1.29, 1.82) is 0 Å². The molecule has 0 bridgehead atoms. The standard InChI is InChI=1S/C16H23N5O2/c1-9-6-10(2)19-15(22)13(9)7-17-16(23)20-11(3)14-8-18-21(5)12(14)4/h6,8,11H,7H2,1-5H3,(H,19,22)(H2,17,20,23)/t11-/m1/s1. The molecule has 23 heavy (non-hydrogen) atoms. The molecule has 3 N–H and O–H groups in total. The molecule has 7 heteroatoms. The Hall–Kier alpha value is -2.57. The van der Waals surface area contributed by atoms with Crippen LogP contribution in [-0.2, 0) is 13.6 Å². The van der Waals surface area contributed by atoms with E-state index in [1.54, 1.807) is 10.9 Å². The summed E-state index contributed by atoms with van der Waals surface area (Å²) in [6, 6.07) is 1.40. The maximum absolute atomic E-state index is 12.0. The number of nitrogens with one attached hydrogen (secondary N) is 3. The van der Waals surface area contributed by atoms with Crippen molar-refractivity contribution in [3.63, 3.8) is 0 Å². The van der Waals surface area contributed by atoms with E-state index in [4.69, 9.17) is 0 Å². The number of hydrogen-bond donors (Lipinski definition) is 3. The Labute approximate surface area is 135 Å². The van der Waals surface area contributed by atoms with E-state index in [1.165, 1.54) is 0 Å². The zero-order chi connectivity index (χ0) is 17.1. The molecule has 0 aromatic carbocycles. The Morgan fingerprint density at radius 2 is 2.09 bits per heavy atom. The molecule has 0 unspecified atom stereocenters. The number of rotatable bonds is 4. The van der Waals surface area contributed by atoms with E-state index >= 15 is 0 Å². The molecule has 2 amide bonds. The van der Waals surface area contributed by atoms with Crippen molar-refractivity contribution in [2.45, 2.75) is 40.3 Å². The molecule has 2 aromatic heterocycles. The molecule has 0 saturated heterocycles. The zero-order valence-corrected chi connectivity index (χ0v) is 14.2. The smallest absolute Gasteiger partial charge is 0.315 e. The number of carbonyl (C=O) groups excluding carboxylic acids is 1. The third kappa shape index (κ3) is 3.80. The molecule has 0 saturated carbocycles. The van der Waals surface area contributed by atoms with Gasteiger partial charge in [0.15, 0.2) is 0 Å². The van der Waals surface area contributed by atoms with Crippen LogP contribution >= 0.6 is 0 Å². The Balaban J connectivity index is 1.98. The van der Waals surface area contributed by atoms with Crippen LogP contribution in [0.2, 0.25) is 0 Å². The minimum atomic E-state index is -0.319. The lowest BCUT2D eigenvalue weighted by molar-refractivity contribution is 0.237. The number of carbonyl (C=O) groups is 1. The number of aryl methyl sites for hydroxylation is 3. The number of urea groups is 1. The van der Waals surface area contributed by atoms with Gasteiger partial charge in [-0.05, 0) is 39.3 Å². The van der Waals surface area contributed by atoms with Gasteiger partial charge in [0.05, 0.1) is 18.8 Å². The van der Waals surface area contributed by atoms with Crippen LogP contribution in [0.15, 0.2) is 17.1 Å². The van der Waals surface area contributed by atoms with Gasteiger partial charge in [-0.15, -0.1) is 0 Å². The average Bonchev–Trinajstić information content (AvgIpc) is 2.77. The van der Waals surface area contributed by atoms with Crippen molar-refractivity contribution < 1.29 is 4.79 Å². The predicted octanol–water partition coefficient (Wildman–Crippen LogP) is 1.59. The SMILES string of the molecule is Cc1cc(C)c(CNC(=O)N[C@H](C)c2cnn(C)c2C)c(=O)[nH]1. The van der Waals surface area contributed by atoms with Crippen molar-refractivity contribution in [2.75, 3.05) is 0 Å². The highest BCUT2D eigenvalue weighted by molar-refractivity contribution is 5.74. The third-order valence-corrected chi connectivity index (χ3v) is 4.01. The molecule has 7 nitrogen and oxygen atoms in total. The Kier molecular flexibility index (Phi) is 4.88. The first-order valence-corrected chi connectivity index (χ1v) is 7.52. The average molecular weight is 317 g/mol. The van der Waals surface area contributed by atoms with Crippen LogP contribution in [0.25, 0.3) is 0 Å². The second-order valence-corrected chi connectivity index (χ2v) is 5.80. The van der Waals surface area contributed by atoms with E-state index in [0.717, 1.165) is 22.5 Å². The van der Waals surface area contributed by atoms with Gasteiger partial charge in [-0.3, -0.25) is 9.48 Å². The zero-order valence-electron chi connectivity index (χ0n) is 14.2. The molecule has 0 radical (unpaired) electrons. The highest BCUT2D eigenvalue weighted by Crippen LogP contribution is 2.15. The van der Waals surface area contributed by atoms with E-state index in [-0.39, 0.29) is 24.2 Å². The maximum Gasteiger partial charge on any atom is 0.315 e. The van der Waals surface area contributed by atoms with Gasteiger partial charge in [0.25, 0.3) is 5.56 Å². The summed E-state index contributed by atoms with van der Waals surface area (Å²) < 4.78 is 1.76. The van der Waals surface area contributed by atoms with E-state index in [9.17, 15) is 9.59 Å². The number of aromatic nitrogens is 3. The van der Waals surface area contributed by atoms with Gasteiger partial charge in [-0.2, -0.15) is 5.10 Å². The van der Waals surface area contributed by atoms with E-state index < -0.39 is 0 Å². The highest BCUT2D eigenvalue weighted by Gasteiger charge is 2.15. The van der Waals surface area contributed by atoms with Crippen LogP contribution in [0.3, 0.4) is 0 Å². The topological polar surface area (TPSA) is 91.8 Å². The summed E-state index contributed by atoms with van der Waals surface area (Å²) in [5.74, 6) is 0. The quantitative estimate of drug-likeness (QED) is 0.799. The van der Waals surface area contributed by atoms with Gasteiger partial charge in [-0.1, -0.05) is 0 Å². The predicted molar refractivity (Wildman–Crippen MR) is 88.3 cm³/mol. The fourth-order valence-electron chi connectivity index (χ4n) is 2.54. The molecular formula is C16H23N5O2. The monoisotopic (exact) mass is 317 g/mol. The largest absolute Gasteiger partial charge is 0.334 e. The second kappa shape index (κ2) is 6.68. The van der Waals surface area contributed by atoms with Gasteiger partial charge in [-0.25, -0.2) is 4.79 Å². The lowest BCUT2D eigenvalue weighted by Crippen LogP contribution is -2.38. The van der Waals surface area contributed by atoms with Crippen molar-refractivity contribution >= 4 is 6.03 Å². The number of nitrogens with zero attached hydrogens (tertiary/aromatic N) is 2. The van der Waals surface area contributed by atoms with Gasteiger partial charge in [0, 0.05) is 29.6 Å². The number of amides is 2. The van der Waals surface area contributed by atoms with Crippen molar-refractivity contribution in [1.82, 2.24) is 25.4 Å². The number of H-pyrrole nitrogens is 1. The number of hydrogen-bond acceptors (Lipinski definition) is 3. The van der Waals surface area contributed by atoms with Crippen LogP contribution < -0.4 is 16.2 Å². The minimum absolute atomic E-state index is 0.166. The summed E-state index contributed by atoms with van der Waals surface area (Å²) in [4.78, 5) is 26.7. The summed E-state index contributed by atoms with van der Waals surface area (Å²) in [6.45, 7) is 7.72. The summed E-state index contributed by atoms with van der Waals surface area (Å²) in [6.07, 6.45) is 1.75. The Morgan fingerprint density at radius 1 is 1.39 bits per heavy atom. The van der Waals surface area contributed by atoms with E-state index in [1.807, 2.05) is 40.8 Å². The first kappa shape index (κ1) is 16.8. The lowest BCUT2D eigenvalue weighted by Gasteiger charge is -2.15. The van der Waals surface area contributed by atoms with Crippen molar-refractivity contribution in [3.8, 4) is 0 Å². The molecule has 0 aliphatic rings. The van der Waals surface area contributed by atoms with Crippen LogP contribution in [0.4, 0.5) is 4.79 Å². The van der Waals surface area contributed by atoms with E-state index in [0.29, 0.717) is 5.56 Å². The lowest BCUT2D eigenvalue weighted by atomic mass is 10.1. The van der Waals surface area contributed by atoms with Crippen molar-refractivity contribution in [3.05, 3.63) is 50.7 Å². The first-order valence-electron chi connectivity index (χ1n) is 7.52. The summed E-state index contributed by atoms with van der Waals surface area (Å²) in [5, 5.41) is 9.75. The van der Waals surface area contributed by atoms with Crippen LogP contribution in [-0.4, -0.2) is 20.8 Å². The summed E-state index contributed by atoms with van der Waals surface area (Å²) in [7, 11) is 1.86. The molecule has 0 aliphatic carbocycles. The molecular weight excluding hydrogens is 294 g/mol. The fraction of sp³-hybridized carbons (Fsp3) is 0.438. The van der Waals surface area contributed by atoms with Crippen LogP contribution in [0, 0.1) is 20.8 Å². The fourth-order valence-corrected chi connectivity index (χ4v) is 2.54. The van der Waals surface area contributed by atoms with Crippen molar-refractivity contribution in [2.24, 2.45) is 7.05 Å².